The molecular weight excluding hydrogens is 301 g/mol. The maximum absolute atomic E-state index is 6.30. The van der Waals surface area contributed by atoms with Crippen LogP contribution in [0.3, 0.4) is 0 Å². The van der Waals surface area contributed by atoms with Gasteiger partial charge in [-0.1, -0.05) is 36.2 Å². The number of aryl methyl sites for hydroxylation is 2. The molecule has 0 unspecified atom stereocenters. The molecule has 0 aliphatic heterocycles. The van der Waals surface area contributed by atoms with E-state index in [1.165, 1.54) is 16.7 Å². The molecule has 0 aromatic heterocycles. The Labute approximate surface area is 137 Å². The van der Waals surface area contributed by atoms with Crippen molar-refractivity contribution in [3.8, 4) is 11.1 Å². The number of halogens is 2. The van der Waals surface area contributed by atoms with Crippen molar-refractivity contribution in [3.63, 3.8) is 0 Å². The summed E-state index contributed by atoms with van der Waals surface area (Å²) >= 11 is 12.5. The zero-order valence-corrected chi connectivity index (χ0v) is 14.3. The molecule has 0 saturated heterocycles. The van der Waals surface area contributed by atoms with Gasteiger partial charge in [0.1, 0.15) is 0 Å². The Morgan fingerprint density at radius 3 is 2.43 bits per heavy atom. The summed E-state index contributed by atoms with van der Waals surface area (Å²) in [6.07, 6.45) is 1.12. The van der Waals surface area contributed by atoms with Gasteiger partial charge in [-0.05, 0) is 78.9 Å². The lowest BCUT2D eigenvalue weighted by Crippen LogP contribution is -2.14. The number of hydrogen-bond acceptors (Lipinski definition) is 1. The van der Waals surface area contributed by atoms with Crippen molar-refractivity contribution in [2.75, 3.05) is 6.54 Å². The van der Waals surface area contributed by atoms with Crippen molar-refractivity contribution in [2.45, 2.75) is 33.7 Å². The monoisotopic (exact) mass is 321 g/mol. The molecule has 2 rings (SSSR count). The van der Waals surface area contributed by atoms with Crippen LogP contribution in [-0.4, -0.2) is 6.54 Å². The summed E-state index contributed by atoms with van der Waals surface area (Å²) in [5.41, 5.74) is 5.81. The molecule has 0 spiro atoms. The zero-order chi connectivity index (χ0) is 15.4. The summed E-state index contributed by atoms with van der Waals surface area (Å²) in [6.45, 7) is 8.08. The molecule has 0 heterocycles. The van der Waals surface area contributed by atoms with E-state index in [0.29, 0.717) is 0 Å². The van der Waals surface area contributed by atoms with Gasteiger partial charge in [0.15, 0.2) is 0 Å². The predicted octanol–water partition coefficient (Wildman–Crippen LogP) is 5.78. The van der Waals surface area contributed by atoms with E-state index in [2.05, 4.69) is 37.4 Å². The van der Waals surface area contributed by atoms with Crippen molar-refractivity contribution in [1.82, 2.24) is 5.32 Å². The molecule has 21 heavy (non-hydrogen) atoms. The van der Waals surface area contributed by atoms with Crippen LogP contribution in [0.4, 0.5) is 0 Å². The Morgan fingerprint density at radius 1 is 0.952 bits per heavy atom. The van der Waals surface area contributed by atoms with Crippen LogP contribution in [0.25, 0.3) is 11.1 Å². The highest BCUT2D eigenvalue weighted by Gasteiger charge is 2.08. The number of rotatable bonds is 5. The molecule has 0 aliphatic carbocycles. The highest BCUT2D eigenvalue weighted by molar-refractivity contribution is 6.32. The lowest BCUT2D eigenvalue weighted by Gasteiger charge is -2.12. The smallest absolute Gasteiger partial charge is 0.0451 e. The Hall–Kier alpha value is -1.02. The average Bonchev–Trinajstić information content (AvgIpc) is 2.45. The minimum absolute atomic E-state index is 0.798. The van der Waals surface area contributed by atoms with E-state index in [1.54, 1.807) is 0 Å². The third-order valence-electron chi connectivity index (χ3n) is 3.60. The Morgan fingerprint density at radius 2 is 1.71 bits per heavy atom. The summed E-state index contributed by atoms with van der Waals surface area (Å²) in [5, 5.41) is 5.03. The molecule has 3 heteroatoms. The molecule has 0 bridgehead atoms. The quantitative estimate of drug-likeness (QED) is 0.688. The molecule has 0 atom stereocenters. The fourth-order valence-corrected chi connectivity index (χ4v) is 2.77. The molecule has 0 saturated carbocycles. The van der Waals surface area contributed by atoms with Crippen LogP contribution >= 0.6 is 23.2 Å². The second kappa shape index (κ2) is 7.31. The van der Waals surface area contributed by atoms with Gasteiger partial charge in [0.25, 0.3) is 0 Å². The largest absolute Gasteiger partial charge is 0.313 e. The SMILES string of the molecule is CCCNCc1cc(-c2cc(C)c(Cl)cc2C)ccc1Cl. The van der Waals surface area contributed by atoms with Crippen molar-refractivity contribution < 1.29 is 0 Å². The molecule has 0 amide bonds. The molecule has 1 N–H and O–H groups in total. The first-order valence-corrected chi connectivity index (χ1v) is 8.04. The first kappa shape index (κ1) is 16.4. The van der Waals surface area contributed by atoms with E-state index in [1.807, 2.05) is 19.1 Å². The van der Waals surface area contributed by atoms with Gasteiger partial charge < -0.3 is 5.32 Å². The molecule has 112 valence electrons. The summed E-state index contributed by atoms with van der Waals surface area (Å²) in [4.78, 5) is 0. The van der Waals surface area contributed by atoms with E-state index >= 15 is 0 Å². The minimum atomic E-state index is 0.798. The van der Waals surface area contributed by atoms with Crippen LogP contribution in [0.5, 0.6) is 0 Å². The maximum Gasteiger partial charge on any atom is 0.0451 e. The molecule has 2 aromatic rings. The molecular formula is C18H21Cl2N. The van der Waals surface area contributed by atoms with Gasteiger partial charge in [-0.3, -0.25) is 0 Å². The van der Waals surface area contributed by atoms with Crippen LogP contribution in [0.2, 0.25) is 10.0 Å². The van der Waals surface area contributed by atoms with E-state index in [9.17, 15) is 0 Å². The van der Waals surface area contributed by atoms with Gasteiger partial charge in [-0.25, -0.2) is 0 Å². The summed E-state index contributed by atoms with van der Waals surface area (Å²) in [7, 11) is 0. The average molecular weight is 322 g/mol. The fraction of sp³-hybridized carbons (Fsp3) is 0.333. The van der Waals surface area contributed by atoms with Crippen molar-refractivity contribution in [1.29, 1.82) is 0 Å². The van der Waals surface area contributed by atoms with Gasteiger partial charge in [0, 0.05) is 16.6 Å². The summed E-state index contributed by atoms with van der Waals surface area (Å²) < 4.78 is 0. The normalized spacial score (nSPS) is 10.9. The van der Waals surface area contributed by atoms with E-state index in [4.69, 9.17) is 23.2 Å². The molecule has 2 aromatic carbocycles. The molecule has 0 aliphatic rings. The van der Waals surface area contributed by atoms with Crippen molar-refractivity contribution >= 4 is 23.2 Å². The standard InChI is InChI=1S/C18H21Cl2N/c1-4-7-21-11-15-10-14(5-6-17(15)19)16-8-13(3)18(20)9-12(16)2/h5-6,8-10,21H,4,7,11H2,1-3H3. The van der Waals surface area contributed by atoms with Crippen molar-refractivity contribution in [3.05, 3.63) is 57.1 Å². The van der Waals surface area contributed by atoms with E-state index in [0.717, 1.165) is 40.7 Å². The molecule has 1 nitrogen and oxygen atoms in total. The van der Waals surface area contributed by atoms with Crippen LogP contribution in [-0.2, 0) is 6.54 Å². The van der Waals surface area contributed by atoms with E-state index in [-0.39, 0.29) is 0 Å². The molecule has 0 fully saturated rings. The highest BCUT2D eigenvalue weighted by Crippen LogP contribution is 2.31. The Balaban J connectivity index is 2.36. The van der Waals surface area contributed by atoms with E-state index < -0.39 is 0 Å². The second-order valence-electron chi connectivity index (χ2n) is 5.40. The number of nitrogens with one attached hydrogen (secondary N) is 1. The Kier molecular flexibility index (Phi) is 5.69. The van der Waals surface area contributed by atoms with Gasteiger partial charge in [0.05, 0.1) is 0 Å². The number of benzene rings is 2. The van der Waals surface area contributed by atoms with Crippen molar-refractivity contribution in [2.24, 2.45) is 0 Å². The molecule has 0 radical (unpaired) electrons. The van der Waals surface area contributed by atoms with Crippen LogP contribution in [0, 0.1) is 13.8 Å². The summed E-state index contributed by atoms with van der Waals surface area (Å²) in [5.74, 6) is 0. The summed E-state index contributed by atoms with van der Waals surface area (Å²) in [6, 6.07) is 10.4. The first-order chi connectivity index (χ1) is 10.0. The van der Waals surface area contributed by atoms with Crippen LogP contribution in [0.1, 0.15) is 30.0 Å². The fourth-order valence-electron chi connectivity index (χ4n) is 2.37. The topological polar surface area (TPSA) is 12.0 Å². The zero-order valence-electron chi connectivity index (χ0n) is 12.8. The van der Waals surface area contributed by atoms with Gasteiger partial charge in [-0.15, -0.1) is 0 Å². The number of hydrogen-bond donors (Lipinski definition) is 1. The van der Waals surface area contributed by atoms with Crippen LogP contribution in [0.15, 0.2) is 30.3 Å². The lowest BCUT2D eigenvalue weighted by atomic mass is 9.97. The predicted molar refractivity (Wildman–Crippen MR) is 93.4 cm³/mol. The second-order valence-corrected chi connectivity index (χ2v) is 6.21. The maximum atomic E-state index is 6.30. The van der Waals surface area contributed by atoms with Crippen LogP contribution < -0.4 is 5.32 Å². The minimum Gasteiger partial charge on any atom is -0.313 e. The van der Waals surface area contributed by atoms with Gasteiger partial charge >= 0.3 is 0 Å². The van der Waals surface area contributed by atoms with Gasteiger partial charge in [-0.2, -0.15) is 0 Å². The third kappa shape index (κ3) is 4.00. The Bertz CT molecular complexity index is 635. The van der Waals surface area contributed by atoms with Gasteiger partial charge in [0.2, 0.25) is 0 Å². The lowest BCUT2D eigenvalue weighted by molar-refractivity contribution is 0.676. The third-order valence-corrected chi connectivity index (χ3v) is 4.38. The highest BCUT2D eigenvalue weighted by atomic mass is 35.5. The first-order valence-electron chi connectivity index (χ1n) is 7.29.